The van der Waals surface area contributed by atoms with Crippen LogP contribution in [0.2, 0.25) is 5.02 Å². The molecule has 1 saturated heterocycles. The minimum Gasteiger partial charge on any atom is -0.487 e. The van der Waals surface area contributed by atoms with Crippen LogP contribution < -0.4 is 4.74 Å². The third kappa shape index (κ3) is 5.13. The Kier molecular flexibility index (Phi) is 7.30. The Morgan fingerprint density at radius 2 is 2.11 bits per heavy atom. The lowest BCUT2D eigenvalue weighted by Gasteiger charge is -2.24. The molecule has 2 aromatic heterocycles. The van der Waals surface area contributed by atoms with E-state index in [1.807, 2.05) is 48.0 Å². The van der Waals surface area contributed by atoms with E-state index < -0.39 is 0 Å². The summed E-state index contributed by atoms with van der Waals surface area (Å²) in [6.45, 7) is 5.04. The van der Waals surface area contributed by atoms with Gasteiger partial charge in [0.05, 0.1) is 31.1 Å². The first-order valence-corrected chi connectivity index (χ1v) is 12.6. The van der Waals surface area contributed by atoms with Crippen LogP contribution in [0.3, 0.4) is 0 Å². The molecule has 0 aliphatic carbocycles. The average molecular weight is 509 g/mol. The predicted molar refractivity (Wildman–Crippen MR) is 137 cm³/mol. The fraction of sp³-hybridized carbons (Fsp3) is 0.357. The number of esters is 1. The van der Waals surface area contributed by atoms with Crippen LogP contribution in [0.25, 0.3) is 22.0 Å². The standard InChI is InChI=1S/C28H29ClN2O5/c1-3-34-27(32)13-19-8-7-18(2)12-25(19)36-17-24-23-15-21(29)14-22(20-9-11-33-16-20)28(23)31(30-24)26-6-4-5-10-35-26/h7-9,11-12,14-16,26H,3-6,10,13,17H2,1-2H3. The molecule has 36 heavy (non-hydrogen) atoms. The number of rotatable bonds is 8. The van der Waals surface area contributed by atoms with Crippen LogP contribution in [-0.2, 0) is 27.3 Å². The second-order valence-corrected chi connectivity index (χ2v) is 9.39. The minimum atomic E-state index is -0.285. The van der Waals surface area contributed by atoms with Crippen molar-refractivity contribution in [3.63, 3.8) is 0 Å². The van der Waals surface area contributed by atoms with Crippen LogP contribution in [0.1, 0.15) is 49.2 Å². The van der Waals surface area contributed by atoms with Gasteiger partial charge in [0.15, 0.2) is 6.23 Å². The first-order chi connectivity index (χ1) is 17.5. The first kappa shape index (κ1) is 24.4. The summed E-state index contributed by atoms with van der Waals surface area (Å²) in [5.74, 6) is 0.351. The number of fused-ring (bicyclic) bond motifs is 1. The molecule has 7 nitrogen and oxygen atoms in total. The summed E-state index contributed by atoms with van der Waals surface area (Å²) in [4.78, 5) is 12.1. The second-order valence-electron chi connectivity index (χ2n) is 8.96. The van der Waals surface area contributed by atoms with E-state index in [0.29, 0.717) is 24.0 Å². The third-order valence-corrected chi connectivity index (χ3v) is 6.55. The van der Waals surface area contributed by atoms with Crippen molar-refractivity contribution < 1.29 is 23.4 Å². The Bertz CT molecular complexity index is 1360. The van der Waals surface area contributed by atoms with Gasteiger partial charge in [-0.15, -0.1) is 0 Å². The van der Waals surface area contributed by atoms with Crippen LogP contribution in [0.4, 0.5) is 0 Å². The minimum absolute atomic E-state index is 0.144. The van der Waals surface area contributed by atoms with E-state index in [-0.39, 0.29) is 25.2 Å². The summed E-state index contributed by atoms with van der Waals surface area (Å²) >= 11 is 6.57. The molecule has 4 aromatic rings. The summed E-state index contributed by atoms with van der Waals surface area (Å²) in [6, 6.07) is 11.6. The highest BCUT2D eigenvalue weighted by atomic mass is 35.5. The molecule has 0 saturated carbocycles. The highest BCUT2D eigenvalue weighted by Crippen LogP contribution is 2.37. The van der Waals surface area contributed by atoms with Gasteiger partial charge in [-0.2, -0.15) is 5.10 Å². The monoisotopic (exact) mass is 508 g/mol. The molecule has 1 aliphatic rings. The number of aromatic nitrogens is 2. The Balaban J connectivity index is 1.54. The molecule has 1 atom stereocenters. The molecule has 1 fully saturated rings. The number of carbonyl (C=O) groups is 1. The lowest BCUT2D eigenvalue weighted by Crippen LogP contribution is -2.19. The van der Waals surface area contributed by atoms with Crippen molar-refractivity contribution in [3.05, 3.63) is 70.8 Å². The normalized spacial score (nSPS) is 15.8. The topological polar surface area (TPSA) is 75.7 Å². The number of ether oxygens (including phenoxy) is 3. The highest BCUT2D eigenvalue weighted by Gasteiger charge is 2.25. The van der Waals surface area contributed by atoms with Crippen molar-refractivity contribution in [2.75, 3.05) is 13.2 Å². The number of hydrogen-bond acceptors (Lipinski definition) is 6. The number of carbonyl (C=O) groups excluding carboxylic acids is 1. The highest BCUT2D eigenvalue weighted by molar-refractivity contribution is 6.32. The van der Waals surface area contributed by atoms with Crippen molar-refractivity contribution in [3.8, 4) is 16.9 Å². The van der Waals surface area contributed by atoms with Crippen molar-refractivity contribution in [2.45, 2.75) is 52.4 Å². The smallest absolute Gasteiger partial charge is 0.310 e. The quantitative estimate of drug-likeness (QED) is 0.248. The van der Waals surface area contributed by atoms with Crippen LogP contribution in [0, 0.1) is 6.92 Å². The van der Waals surface area contributed by atoms with Gasteiger partial charge in [0, 0.05) is 33.7 Å². The van der Waals surface area contributed by atoms with E-state index in [4.69, 9.17) is 35.3 Å². The van der Waals surface area contributed by atoms with Crippen LogP contribution in [0.5, 0.6) is 5.75 Å². The lowest BCUT2D eigenvalue weighted by molar-refractivity contribution is -0.142. The van der Waals surface area contributed by atoms with Gasteiger partial charge in [0.25, 0.3) is 0 Å². The molecular weight excluding hydrogens is 480 g/mol. The van der Waals surface area contributed by atoms with Crippen LogP contribution in [0.15, 0.2) is 53.3 Å². The molecule has 0 spiro atoms. The van der Waals surface area contributed by atoms with E-state index in [9.17, 15) is 4.79 Å². The zero-order valence-corrected chi connectivity index (χ0v) is 21.2. The van der Waals surface area contributed by atoms with Gasteiger partial charge in [-0.3, -0.25) is 4.79 Å². The number of nitrogens with zero attached hydrogens (tertiary/aromatic N) is 2. The SMILES string of the molecule is CCOC(=O)Cc1ccc(C)cc1OCc1nn(C2CCCCO2)c2c(-c3ccoc3)cc(Cl)cc12. The molecule has 2 aromatic carbocycles. The van der Waals surface area contributed by atoms with Gasteiger partial charge < -0.3 is 18.6 Å². The average Bonchev–Trinajstić information content (AvgIpc) is 3.53. The van der Waals surface area contributed by atoms with Gasteiger partial charge in [-0.1, -0.05) is 23.7 Å². The van der Waals surface area contributed by atoms with Crippen LogP contribution >= 0.6 is 11.6 Å². The fourth-order valence-corrected chi connectivity index (χ4v) is 4.84. The zero-order valence-electron chi connectivity index (χ0n) is 20.5. The van der Waals surface area contributed by atoms with E-state index in [1.54, 1.807) is 19.5 Å². The molecule has 0 radical (unpaired) electrons. The van der Waals surface area contributed by atoms with Gasteiger partial charge in [-0.25, -0.2) is 4.68 Å². The Morgan fingerprint density at radius 3 is 2.86 bits per heavy atom. The molecule has 0 bridgehead atoms. The van der Waals surface area contributed by atoms with Gasteiger partial charge >= 0.3 is 5.97 Å². The van der Waals surface area contributed by atoms with Crippen molar-refractivity contribution in [1.82, 2.24) is 9.78 Å². The van der Waals surface area contributed by atoms with E-state index in [2.05, 4.69) is 0 Å². The summed E-state index contributed by atoms with van der Waals surface area (Å²) in [6.07, 6.45) is 6.33. The van der Waals surface area contributed by atoms with E-state index >= 15 is 0 Å². The van der Waals surface area contributed by atoms with Gasteiger partial charge in [0.2, 0.25) is 0 Å². The molecule has 8 heteroatoms. The summed E-state index contributed by atoms with van der Waals surface area (Å²) in [5.41, 5.74) is 5.33. The van der Waals surface area contributed by atoms with E-state index in [0.717, 1.165) is 58.1 Å². The second kappa shape index (κ2) is 10.8. The number of aryl methyl sites for hydroxylation is 1. The Hall–Kier alpha value is -3.29. The predicted octanol–water partition coefficient (Wildman–Crippen LogP) is 6.64. The molecule has 3 heterocycles. The van der Waals surface area contributed by atoms with Crippen molar-refractivity contribution in [2.24, 2.45) is 0 Å². The van der Waals surface area contributed by atoms with Gasteiger partial charge in [0.1, 0.15) is 18.1 Å². The maximum atomic E-state index is 12.1. The molecule has 0 amide bonds. The number of benzene rings is 2. The number of halogens is 1. The maximum absolute atomic E-state index is 12.1. The largest absolute Gasteiger partial charge is 0.487 e. The Morgan fingerprint density at radius 1 is 1.22 bits per heavy atom. The van der Waals surface area contributed by atoms with Crippen LogP contribution in [-0.4, -0.2) is 29.0 Å². The summed E-state index contributed by atoms with van der Waals surface area (Å²) < 4.78 is 24.8. The summed E-state index contributed by atoms with van der Waals surface area (Å²) in [7, 11) is 0. The molecule has 5 rings (SSSR count). The number of furan rings is 1. The van der Waals surface area contributed by atoms with Crippen molar-refractivity contribution >= 4 is 28.5 Å². The molecular formula is C28H29ClN2O5. The van der Waals surface area contributed by atoms with Crippen molar-refractivity contribution in [1.29, 1.82) is 0 Å². The van der Waals surface area contributed by atoms with E-state index in [1.165, 1.54) is 0 Å². The Labute approximate surface area is 214 Å². The first-order valence-electron chi connectivity index (χ1n) is 12.3. The zero-order chi connectivity index (χ0) is 25.1. The fourth-order valence-electron chi connectivity index (χ4n) is 4.63. The molecule has 1 unspecified atom stereocenters. The summed E-state index contributed by atoms with van der Waals surface area (Å²) in [5, 5.41) is 6.46. The molecule has 1 aliphatic heterocycles. The number of hydrogen-bond donors (Lipinski definition) is 0. The maximum Gasteiger partial charge on any atom is 0.310 e. The van der Waals surface area contributed by atoms with Gasteiger partial charge in [-0.05, 0) is 62.9 Å². The lowest BCUT2D eigenvalue weighted by atomic mass is 10.0. The molecule has 0 N–H and O–H groups in total. The molecule has 188 valence electrons. The third-order valence-electron chi connectivity index (χ3n) is 6.33.